The van der Waals surface area contributed by atoms with E-state index >= 15 is 0 Å². The molecule has 0 N–H and O–H groups in total. The number of hydrogen-bond acceptors (Lipinski definition) is 6. The summed E-state index contributed by atoms with van der Waals surface area (Å²) in [6.45, 7) is 5.18. The Morgan fingerprint density at radius 3 is 2.50 bits per heavy atom. The third-order valence-corrected chi connectivity index (χ3v) is 7.35. The van der Waals surface area contributed by atoms with Crippen molar-refractivity contribution in [2.75, 3.05) is 31.6 Å². The molecule has 0 bridgehead atoms. The largest absolute Gasteiger partial charge is 0.373 e. The van der Waals surface area contributed by atoms with Gasteiger partial charge in [0, 0.05) is 45.0 Å². The number of aryl methyl sites for hydroxylation is 1. The Balaban J connectivity index is 1.43. The number of pyridine rings is 1. The first kappa shape index (κ1) is 25.1. The molecular formula is C30H31N5O. The number of para-hydroxylation sites is 1. The van der Waals surface area contributed by atoms with Crippen LogP contribution in [0, 0.1) is 29.6 Å². The van der Waals surface area contributed by atoms with Crippen molar-refractivity contribution < 1.29 is 4.79 Å². The third kappa shape index (κ3) is 5.30. The Hall–Kier alpha value is -4.00. The summed E-state index contributed by atoms with van der Waals surface area (Å²) in [4.78, 5) is 20.9. The van der Waals surface area contributed by atoms with Crippen LogP contribution in [0.4, 0.5) is 5.69 Å². The van der Waals surface area contributed by atoms with E-state index in [-0.39, 0.29) is 0 Å². The monoisotopic (exact) mass is 477 g/mol. The maximum Gasteiger partial charge on any atom is 0.150 e. The fourth-order valence-electron chi connectivity index (χ4n) is 5.04. The van der Waals surface area contributed by atoms with Crippen molar-refractivity contribution in [1.29, 1.82) is 10.5 Å². The van der Waals surface area contributed by atoms with Crippen LogP contribution >= 0.6 is 0 Å². The van der Waals surface area contributed by atoms with Crippen molar-refractivity contribution in [2.24, 2.45) is 0 Å². The van der Waals surface area contributed by atoms with Crippen LogP contribution in [0.2, 0.25) is 0 Å². The van der Waals surface area contributed by atoms with E-state index in [2.05, 4.69) is 39.9 Å². The van der Waals surface area contributed by atoms with Crippen LogP contribution in [0.3, 0.4) is 0 Å². The van der Waals surface area contributed by atoms with E-state index in [4.69, 9.17) is 0 Å². The van der Waals surface area contributed by atoms with Gasteiger partial charge in [-0.25, -0.2) is 0 Å². The Morgan fingerprint density at radius 2 is 1.83 bits per heavy atom. The lowest BCUT2D eigenvalue weighted by Crippen LogP contribution is -2.42. The molecule has 36 heavy (non-hydrogen) atoms. The van der Waals surface area contributed by atoms with Crippen LogP contribution in [0.1, 0.15) is 51.1 Å². The smallest absolute Gasteiger partial charge is 0.150 e. The van der Waals surface area contributed by atoms with Gasteiger partial charge in [-0.05, 0) is 73.2 Å². The second kappa shape index (κ2) is 11.2. The first-order valence-electron chi connectivity index (χ1n) is 12.3. The standard InChI is InChI=1S/C30H31N5O/c1-23-17-24(10-14-34(2)28-8-4-3-7-25(28)19-31)27(21-36)18-26(23)20-35-15-11-30(22-32,12-16-35)29-9-5-6-13-33-29/h3-9,13,17-18,21H,10-12,14-16,20H2,1-2H3. The molecule has 4 rings (SSSR count). The van der Waals surface area contributed by atoms with Gasteiger partial charge >= 0.3 is 0 Å². The molecule has 0 amide bonds. The number of aldehydes is 1. The number of aromatic nitrogens is 1. The summed E-state index contributed by atoms with van der Waals surface area (Å²) < 4.78 is 0. The zero-order valence-electron chi connectivity index (χ0n) is 20.9. The molecule has 6 nitrogen and oxygen atoms in total. The van der Waals surface area contributed by atoms with Crippen LogP contribution in [0.5, 0.6) is 0 Å². The maximum absolute atomic E-state index is 12.0. The Labute approximate surface area is 213 Å². The second-order valence-corrected chi connectivity index (χ2v) is 9.58. The number of carbonyl (C=O) groups excluding carboxylic acids is 1. The quantitative estimate of drug-likeness (QED) is 0.433. The molecule has 2 heterocycles. The van der Waals surface area contributed by atoms with Gasteiger partial charge in [-0.15, -0.1) is 0 Å². The first-order chi connectivity index (χ1) is 17.5. The van der Waals surface area contributed by atoms with Crippen molar-refractivity contribution in [3.05, 3.63) is 94.3 Å². The van der Waals surface area contributed by atoms with Gasteiger partial charge in [0.2, 0.25) is 0 Å². The summed E-state index contributed by atoms with van der Waals surface area (Å²) in [6.07, 6.45) is 4.90. The number of benzene rings is 2. The van der Waals surface area contributed by atoms with Gasteiger partial charge in [-0.2, -0.15) is 10.5 Å². The highest BCUT2D eigenvalue weighted by Crippen LogP contribution is 2.34. The van der Waals surface area contributed by atoms with Gasteiger partial charge in [0.15, 0.2) is 0 Å². The predicted molar refractivity (Wildman–Crippen MR) is 141 cm³/mol. The highest BCUT2D eigenvalue weighted by molar-refractivity contribution is 5.78. The molecule has 0 atom stereocenters. The number of likely N-dealkylation sites (tertiary alicyclic amines) is 1. The lowest BCUT2D eigenvalue weighted by molar-refractivity contribution is 0.112. The minimum Gasteiger partial charge on any atom is -0.373 e. The van der Waals surface area contributed by atoms with Gasteiger partial charge in [0.25, 0.3) is 0 Å². The summed E-state index contributed by atoms with van der Waals surface area (Å²) >= 11 is 0. The minimum atomic E-state index is -0.527. The second-order valence-electron chi connectivity index (χ2n) is 9.58. The average molecular weight is 478 g/mol. The molecule has 0 unspecified atom stereocenters. The molecule has 1 aliphatic heterocycles. The zero-order valence-corrected chi connectivity index (χ0v) is 20.9. The van der Waals surface area contributed by atoms with Crippen molar-refractivity contribution in [3.63, 3.8) is 0 Å². The summed E-state index contributed by atoms with van der Waals surface area (Å²) in [5.41, 5.74) is 5.92. The first-order valence-corrected chi connectivity index (χ1v) is 12.3. The molecule has 1 aliphatic rings. The van der Waals surface area contributed by atoms with Crippen LogP contribution in [0.25, 0.3) is 0 Å². The van der Waals surface area contributed by atoms with Crippen molar-refractivity contribution in [2.45, 2.75) is 38.1 Å². The number of anilines is 1. The number of piperidine rings is 1. The average Bonchev–Trinajstić information content (AvgIpc) is 2.93. The Kier molecular flexibility index (Phi) is 7.78. The van der Waals surface area contributed by atoms with E-state index in [1.165, 1.54) is 0 Å². The molecule has 6 heteroatoms. The Morgan fingerprint density at radius 1 is 1.08 bits per heavy atom. The number of hydrogen-bond donors (Lipinski definition) is 0. The molecule has 3 aromatic rings. The van der Waals surface area contributed by atoms with E-state index in [9.17, 15) is 15.3 Å². The van der Waals surface area contributed by atoms with Gasteiger partial charge in [0.05, 0.1) is 23.0 Å². The van der Waals surface area contributed by atoms with Crippen molar-refractivity contribution in [3.8, 4) is 12.1 Å². The fourth-order valence-corrected chi connectivity index (χ4v) is 5.04. The van der Waals surface area contributed by atoms with Crippen molar-refractivity contribution >= 4 is 12.0 Å². The van der Waals surface area contributed by atoms with Crippen LogP contribution in [-0.4, -0.2) is 42.9 Å². The van der Waals surface area contributed by atoms with E-state index in [1.54, 1.807) is 6.20 Å². The third-order valence-electron chi connectivity index (χ3n) is 7.35. The van der Waals surface area contributed by atoms with E-state index in [0.29, 0.717) is 18.5 Å². The van der Waals surface area contributed by atoms with E-state index in [0.717, 1.165) is 72.4 Å². The summed E-state index contributed by atoms with van der Waals surface area (Å²) in [5.74, 6) is 0. The molecule has 0 radical (unpaired) electrons. The number of rotatable bonds is 8. The van der Waals surface area contributed by atoms with Crippen LogP contribution in [-0.2, 0) is 18.4 Å². The summed E-state index contributed by atoms with van der Waals surface area (Å²) in [7, 11) is 1.97. The fraction of sp³-hybridized carbons (Fsp3) is 0.333. The summed E-state index contributed by atoms with van der Waals surface area (Å²) in [5, 5.41) is 19.3. The molecule has 0 spiro atoms. The molecular weight excluding hydrogens is 446 g/mol. The minimum absolute atomic E-state index is 0.527. The molecule has 1 saturated heterocycles. The predicted octanol–water partition coefficient (Wildman–Crippen LogP) is 4.81. The highest BCUT2D eigenvalue weighted by Gasteiger charge is 2.37. The molecule has 2 aromatic carbocycles. The van der Waals surface area contributed by atoms with Crippen LogP contribution in [0.15, 0.2) is 60.8 Å². The molecule has 182 valence electrons. The lowest BCUT2D eigenvalue weighted by atomic mass is 9.76. The molecule has 1 aromatic heterocycles. The Bertz CT molecular complexity index is 1300. The number of nitriles is 2. The maximum atomic E-state index is 12.0. The topological polar surface area (TPSA) is 84.0 Å². The lowest BCUT2D eigenvalue weighted by Gasteiger charge is -2.37. The van der Waals surface area contributed by atoms with Gasteiger partial charge in [-0.3, -0.25) is 14.7 Å². The van der Waals surface area contributed by atoms with Gasteiger partial charge in [-0.1, -0.05) is 24.3 Å². The SMILES string of the molecule is Cc1cc(CCN(C)c2ccccc2C#N)c(C=O)cc1CN1CCC(C#N)(c2ccccn2)CC1. The van der Waals surface area contributed by atoms with Crippen LogP contribution < -0.4 is 4.90 Å². The van der Waals surface area contributed by atoms with Gasteiger partial charge < -0.3 is 4.90 Å². The number of nitrogens with zero attached hydrogens (tertiary/aromatic N) is 5. The van der Waals surface area contributed by atoms with E-state index < -0.39 is 5.41 Å². The van der Waals surface area contributed by atoms with Crippen molar-refractivity contribution in [1.82, 2.24) is 9.88 Å². The number of carbonyl (C=O) groups is 1. The molecule has 1 fully saturated rings. The summed E-state index contributed by atoms with van der Waals surface area (Å²) in [6, 6.07) is 22.3. The number of likely N-dealkylation sites (N-methyl/N-ethyl adjacent to an activating group) is 1. The zero-order chi connectivity index (χ0) is 25.5. The highest BCUT2D eigenvalue weighted by atomic mass is 16.1. The van der Waals surface area contributed by atoms with E-state index in [1.807, 2.05) is 55.6 Å². The molecule has 0 saturated carbocycles. The molecule has 0 aliphatic carbocycles. The normalized spacial score (nSPS) is 15.0. The van der Waals surface area contributed by atoms with Gasteiger partial charge in [0.1, 0.15) is 17.8 Å².